The molecule has 3 aromatic heterocycles. The second kappa shape index (κ2) is 11.1. The lowest BCUT2D eigenvalue weighted by Crippen LogP contribution is -2.46. The van der Waals surface area contributed by atoms with Gasteiger partial charge in [0.15, 0.2) is 0 Å². The van der Waals surface area contributed by atoms with Gasteiger partial charge in [-0.05, 0) is 42.3 Å². The molecule has 42 heavy (non-hydrogen) atoms. The standard InChI is InChI=1S/C31H33N7O4/c1-35-26-15-21(5-6-23(26)17-32-35)20-42-30-4-2-3-28(34-30)37-12-10-36(11-13-37)19-29-33-25-8-7-22(31(39)40)16-27(25)38(29)18-24-9-14-41-24/h2-8,15-17,24H,9-14,18-20H2,1H3,(H,39,40)/t24-/m0/s1. The number of benzene rings is 2. The van der Waals surface area contributed by atoms with Gasteiger partial charge in [0.25, 0.3) is 0 Å². The van der Waals surface area contributed by atoms with E-state index in [1.165, 1.54) is 0 Å². The number of hydrogen-bond donors (Lipinski definition) is 1. The molecule has 216 valence electrons. The van der Waals surface area contributed by atoms with Crippen LogP contribution in [0.1, 0.15) is 28.2 Å². The molecule has 0 unspecified atom stereocenters. The van der Waals surface area contributed by atoms with Crippen molar-refractivity contribution in [3.05, 3.63) is 77.7 Å². The van der Waals surface area contributed by atoms with Crippen molar-refractivity contribution in [2.75, 3.05) is 37.7 Å². The maximum atomic E-state index is 11.6. The fraction of sp³-hybridized carbons (Fsp3) is 0.355. The molecule has 2 aromatic carbocycles. The van der Waals surface area contributed by atoms with E-state index >= 15 is 0 Å². The van der Waals surface area contributed by atoms with Gasteiger partial charge in [-0.3, -0.25) is 9.58 Å². The van der Waals surface area contributed by atoms with Crippen LogP contribution in [0.2, 0.25) is 0 Å². The van der Waals surface area contributed by atoms with Crippen LogP contribution in [0.3, 0.4) is 0 Å². The number of ether oxygens (including phenoxy) is 2. The van der Waals surface area contributed by atoms with Gasteiger partial charge in [-0.2, -0.15) is 10.1 Å². The van der Waals surface area contributed by atoms with E-state index in [2.05, 4.69) is 37.7 Å². The van der Waals surface area contributed by atoms with Crippen LogP contribution in [-0.2, 0) is 31.5 Å². The fourth-order valence-electron chi connectivity index (χ4n) is 5.69. The first-order valence-corrected chi connectivity index (χ1v) is 14.3. The molecule has 1 N–H and O–H groups in total. The Morgan fingerprint density at radius 2 is 1.90 bits per heavy atom. The minimum Gasteiger partial charge on any atom is -0.478 e. The summed E-state index contributed by atoms with van der Waals surface area (Å²) in [6.07, 6.45) is 3.01. The summed E-state index contributed by atoms with van der Waals surface area (Å²) >= 11 is 0. The number of aromatic carboxylic acids is 1. The highest BCUT2D eigenvalue weighted by molar-refractivity contribution is 5.92. The number of pyridine rings is 1. The molecule has 1 atom stereocenters. The van der Waals surface area contributed by atoms with Gasteiger partial charge in [-0.15, -0.1) is 0 Å². The summed E-state index contributed by atoms with van der Waals surface area (Å²) in [5.74, 6) is 1.52. The third kappa shape index (κ3) is 5.28. The molecular formula is C31H33N7O4. The summed E-state index contributed by atoms with van der Waals surface area (Å²) in [5.41, 5.74) is 4.08. The van der Waals surface area contributed by atoms with E-state index < -0.39 is 5.97 Å². The van der Waals surface area contributed by atoms with Gasteiger partial charge in [-0.25, -0.2) is 9.78 Å². The van der Waals surface area contributed by atoms with E-state index in [1.807, 2.05) is 36.1 Å². The van der Waals surface area contributed by atoms with Gasteiger partial charge < -0.3 is 24.0 Å². The van der Waals surface area contributed by atoms with E-state index in [4.69, 9.17) is 19.4 Å². The Morgan fingerprint density at radius 1 is 1.05 bits per heavy atom. The Balaban J connectivity index is 1.00. The average molecular weight is 568 g/mol. The van der Waals surface area contributed by atoms with Crippen LogP contribution in [0.4, 0.5) is 5.82 Å². The zero-order valence-corrected chi connectivity index (χ0v) is 23.5. The van der Waals surface area contributed by atoms with Crippen LogP contribution in [-0.4, -0.2) is 79.2 Å². The van der Waals surface area contributed by atoms with Crippen molar-refractivity contribution in [2.24, 2.45) is 7.05 Å². The minimum atomic E-state index is -0.934. The Labute approximate surface area is 242 Å². The monoisotopic (exact) mass is 567 g/mol. The lowest BCUT2D eigenvalue weighted by molar-refractivity contribution is -0.0592. The molecule has 11 heteroatoms. The number of fused-ring (bicyclic) bond motifs is 2. The van der Waals surface area contributed by atoms with E-state index in [0.29, 0.717) is 25.6 Å². The van der Waals surface area contributed by atoms with E-state index in [0.717, 1.165) is 78.3 Å². The lowest BCUT2D eigenvalue weighted by Gasteiger charge is -2.35. The van der Waals surface area contributed by atoms with Crippen molar-refractivity contribution in [1.29, 1.82) is 0 Å². The van der Waals surface area contributed by atoms with Crippen LogP contribution in [0.25, 0.3) is 21.9 Å². The Hall–Kier alpha value is -4.48. The highest BCUT2D eigenvalue weighted by atomic mass is 16.5. The number of piperazine rings is 1. The summed E-state index contributed by atoms with van der Waals surface area (Å²) in [6.45, 7) is 5.98. The molecule has 0 spiro atoms. The Kier molecular flexibility index (Phi) is 6.96. The molecule has 0 radical (unpaired) electrons. The van der Waals surface area contributed by atoms with E-state index in [1.54, 1.807) is 18.2 Å². The summed E-state index contributed by atoms with van der Waals surface area (Å²) < 4.78 is 15.8. The quantitative estimate of drug-likeness (QED) is 0.285. The molecule has 0 amide bonds. The summed E-state index contributed by atoms with van der Waals surface area (Å²) in [5, 5.41) is 14.9. The third-order valence-corrected chi connectivity index (χ3v) is 8.22. The fourth-order valence-corrected chi connectivity index (χ4v) is 5.69. The molecule has 2 aliphatic heterocycles. The van der Waals surface area contributed by atoms with Gasteiger partial charge in [0.05, 0.1) is 47.5 Å². The maximum absolute atomic E-state index is 11.6. The number of imidazole rings is 1. The number of hydrogen-bond acceptors (Lipinski definition) is 8. The molecule has 0 bridgehead atoms. The summed E-state index contributed by atoms with van der Waals surface area (Å²) in [7, 11) is 1.94. The number of rotatable bonds is 9. The van der Waals surface area contributed by atoms with Crippen LogP contribution >= 0.6 is 0 Å². The number of anilines is 1. The minimum absolute atomic E-state index is 0.144. The number of aromatic nitrogens is 5. The highest BCUT2D eigenvalue weighted by Gasteiger charge is 2.25. The summed E-state index contributed by atoms with van der Waals surface area (Å²) in [6, 6.07) is 17.3. The maximum Gasteiger partial charge on any atom is 0.335 e. The normalized spacial score (nSPS) is 17.5. The second-order valence-electron chi connectivity index (χ2n) is 11.0. The molecule has 11 nitrogen and oxygen atoms in total. The second-order valence-corrected chi connectivity index (χ2v) is 11.0. The number of carbonyl (C=O) groups is 1. The molecule has 5 aromatic rings. The number of carboxylic acids is 1. The number of nitrogens with zero attached hydrogens (tertiary/aromatic N) is 7. The molecule has 5 heterocycles. The SMILES string of the molecule is Cn1ncc2ccc(COc3cccc(N4CCN(Cc5nc6ccc(C(=O)O)cc6n5C[C@@H]5CCO5)CC4)n3)cc21. The zero-order valence-electron chi connectivity index (χ0n) is 23.5. The Morgan fingerprint density at radius 3 is 2.69 bits per heavy atom. The number of aryl methyl sites for hydroxylation is 1. The molecule has 0 aliphatic carbocycles. The molecule has 2 aliphatic rings. The van der Waals surface area contributed by atoms with Gasteiger partial charge >= 0.3 is 5.97 Å². The lowest BCUT2D eigenvalue weighted by atomic mass is 10.1. The topological polar surface area (TPSA) is 111 Å². The van der Waals surface area contributed by atoms with Crippen LogP contribution in [0, 0.1) is 0 Å². The van der Waals surface area contributed by atoms with E-state index in [-0.39, 0.29) is 11.7 Å². The van der Waals surface area contributed by atoms with Crippen LogP contribution < -0.4 is 9.64 Å². The predicted molar refractivity (Wildman–Crippen MR) is 158 cm³/mol. The molecule has 0 saturated carbocycles. The van der Waals surface area contributed by atoms with Crippen molar-refractivity contribution in [1.82, 2.24) is 29.2 Å². The van der Waals surface area contributed by atoms with Crippen molar-refractivity contribution >= 4 is 33.7 Å². The van der Waals surface area contributed by atoms with Gasteiger partial charge in [0, 0.05) is 51.3 Å². The van der Waals surface area contributed by atoms with Crippen LogP contribution in [0.5, 0.6) is 5.88 Å². The van der Waals surface area contributed by atoms with E-state index in [9.17, 15) is 9.90 Å². The zero-order chi connectivity index (χ0) is 28.6. The molecule has 7 rings (SSSR count). The highest BCUT2D eigenvalue weighted by Crippen LogP contribution is 2.25. The molecular weight excluding hydrogens is 534 g/mol. The summed E-state index contributed by atoms with van der Waals surface area (Å²) in [4.78, 5) is 26.0. The first-order chi connectivity index (χ1) is 20.5. The first kappa shape index (κ1) is 26.4. The largest absolute Gasteiger partial charge is 0.478 e. The van der Waals surface area contributed by atoms with Crippen molar-refractivity contribution in [3.8, 4) is 5.88 Å². The smallest absolute Gasteiger partial charge is 0.335 e. The van der Waals surface area contributed by atoms with Gasteiger partial charge in [-0.1, -0.05) is 18.2 Å². The third-order valence-electron chi connectivity index (χ3n) is 8.22. The predicted octanol–water partition coefficient (Wildman–Crippen LogP) is 3.71. The Bertz CT molecular complexity index is 1750. The number of carboxylic acid groups (broad SMARTS) is 1. The van der Waals surface area contributed by atoms with Crippen molar-refractivity contribution < 1.29 is 19.4 Å². The molecule has 2 saturated heterocycles. The van der Waals surface area contributed by atoms with Gasteiger partial charge in [0.1, 0.15) is 18.2 Å². The van der Waals surface area contributed by atoms with Gasteiger partial charge in [0.2, 0.25) is 5.88 Å². The van der Waals surface area contributed by atoms with Crippen LogP contribution in [0.15, 0.2) is 60.8 Å². The first-order valence-electron chi connectivity index (χ1n) is 14.3. The van der Waals surface area contributed by atoms with Crippen molar-refractivity contribution in [2.45, 2.75) is 32.2 Å². The molecule has 2 fully saturated rings. The average Bonchev–Trinajstić information content (AvgIpc) is 3.53. The van der Waals surface area contributed by atoms with Crippen molar-refractivity contribution in [3.63, 3.8) is 0 Å².